The maximum absolute atomic E-state index is 14.6. The smallest absolute Gasteiger partial charge is 0.226 e. The zero-order valence-electron chi connectivity index (χ0n) is 19.9. The molecule has 6 nitrogen and oxygen atoms in total. The molecule has 2 aromatic heterocycles. The molecule has 37 heavy (non-hydrogen) atoms. The normalized spacial score (nSPS) is 17.1. The monoisotopic (exact) mass is 578 g/mol. The van der Waals surface area contributed by atoms with Gasteiger partial charge in [-0.15, -0.1) is 0 Å². The van der Waals surface area contributed by atoms with Crippen LogP contribution < -0.4 is 10.6 Å². The molecule has 0 spiro atoms. The molecule has 1 aliphatic rings. The molecule has 1 saturated heterocycles. The van der Waals surface area contributed by atoms with Gasteiger partial charge in [0.25, 0.3) is 0 Å². The highest BCUT2D eigenvalue weighted by atomic mass is 79.9. The minimum atomic E-state index is -0.388. The number of thiocarbonyl (C=S) groups is 1. The van der Waals surface area contributed by atoms with Crippen LogP contribution in [-0.4, -0.2) is 27.4 Å². The molecule has 0 aliphatic carbocycles. The van der Waals surface area contributed by atoms with Crippen molar-refractivity contribution < 1.29 is 13.6 Å². The highest BCUT2D eigenvalue weighted by Crippen LogP contribution is 2.41. The molecular formula is C28H24BrFN4O2S. The molecule has 9 heteroatoms. The number of hydrogen-bond donors (Lipinski definition) is 2. The second kappa shape index (κ2) is 10.8. The molecule has 188 valence electrons. The molecule has 0 unspecified atom stereocenters. The van der Waals surface area contributed by atoms with E-state index in [0.717, 1.165) is 16.9 Å². The predicted molar refractivity (Wildman–Crippen MR) is 148 cm³/mol. The van der Waals surface area contributed by atoms with Crippen molar-refractivity contribution in [3.63, 3.8) is 0 Å². The van der Waals surface area contributed by atoms with E-state index in [-0.39, 0.29) is 30.2 Å². The fraction of sp³-hybridized carbons (Fsp3) is 0.179. The third-order valence-corrected chi connectivity index (χ3v) is 7.04. The number of nitrogens with one attached hydrogen (secondary N) is 2. The number of benzene rings is 2. The van der Waals surface area contributed by atoms with Gasteiger partial charge in [0.2, 0.25) is 5.91 Å². The Hall–Kier alpha value is -3.56. The molecule has 2 atom stereocenters. The first-order valence-electron chi connectivity index (χ1n) is 11.8. The number of aromatic nitrogens is 1. The van der Waals surface area contributed by atoms with E-state index in [1.54, 1.807) is 24.4 Å². The summed E-state index contributed by atoms with van der Waals surface area (Å²) in [6, 6.07) is 21.1. The Morgan fingerprint density at radius 3 is 2.78 bits per heavy atom. The molecule has 0 bridgehead atoms. The summed E-state index contributed by atoms with van der Waals surface area (Å²) in [5, 5.41) is 6.78. The van der Waals surface area contributed by atoms with Crippen LogP contribution in [0.2, 0.25) is 0 Å². The van der Waals surface area contributed by atoms with Crippen LogP contribution in [0.25, 0.3) is 11.3 Å². The summed E-state index contributed by atoms with van der Waals surface area (Å²) in [6.45, 7) is 2.34. The van der Waals surface area contributed by atoms with Crippen molar-refractivity contribution in [1.82, 2.24) is 15.2 Å². The summed E-state index contributed by atoms with van der Waals surface area (Å²) in [6.07, 6.45) is 1.94. The first-order chi connectivity index (χ1) is 17.9. The van der Waals surface area contributed by atoms with E-state index >= 15 is 0 Å². The average Bonchev–Trinajstić information content (AvgIpc) is 3.47. The lowest BCUT2D eigenvalue weighted by Gasteiger charge is -2.25. The number of aryl methyl sites for hydroxylation is 1. The van der Waals surface area contributed by atoms with Gasteiger partial charge in [0.1, 0.15) is 23.4 Å². The van der Waals surface area contributed by atoms with Crippen molar-refractivity contribution >= 4 is 44.9 Å². The van der Waals surface area contributed by atoms with Crippen LogP contribution in [0.3, 0.4) is 0 Å². The number of amides is 1. The van der Waals surface area contributed by atoms with E-state index in [1.807, 2.05) is 60.4 Å². The topological polar surface area (TPSA) is 70.4 Å². The molecule has 4 aromatic rings. The quantitative estimate of drug-likeness (QED) is 0.242. The van der Waals surface area contributed by atoms with Crippen molar-refractivity contribution in [3.8, 4) is 11.3 Å². The van der Waals surface area contributed by atoms with E-state index in [2.05, 4.69) is 31.5 Å². The number of pyridine rings is 1. The Morgan fingerprint density at radius 1 is 1.16 bits per heavy atom. The van der Waals surface area contributed by atoms with Crippen LogP contribution in [-0.2, 0) is 4.79 Å². The van der Waals surface area contributed by atoms with E-state index in [1.165, 1.54) is 6.07 Å². The molecular weight excluding hydrogens is 555 g/mol. The van der Waals surface area contributed by atoms with Gasteiger partial charge in [-0.1, -0.05) is 34.1 Å². The number of halogens is 2. The van der Waals surface area contributed by atoms with Gasteiger partial charge in [0.05, 0.1) is 17.3 Å². The molecule has 1 amide bonds. The number of nitrogens with zero attached hydrogens (tertiary/aromatic N) is 2. The second-order valence-corrected chi connectivity index (χ2v) is 10.1. The van der Waals surface area contributed by atoms with Crippen molar-refractivity contribution in [2.24, 2.45) is 0 Å². The van der Waals surface area contributed by atoms with Gasteiger partial charge in [-0.2, -0.15) is 0 Å². The fourth-order valence-corrected chi connectivity index (χ4v) is 5.13. The first kappa shape index (κ1) is 25.1. The number of furan rings is 1. The maximum atomic E-state index is 14.6. The Balaban J connectivity index is 1.41. The van der Waals surface area contributed by atoms with Gasteiger partial charge in [-0.3, -0.25) is 9.78 Å². The SMILES string of the molecule is Cc1cccc(NC(=O)CCN2C(=S)N[C@@H](c3ccccn3)[C@H]2c2ccc(-c3ccc(Br)cc3F)o2)c1. The Bertz CT molecular complexity index is 1450. The molecule has 1 fully saturated rings. The third-order valence-electron chi connectivity index (χ3n) is 6.19. The van der Waals surface area contributed by atoms with Crippen molar-refractivity contribution in [2.45, 2.75) is 25.4 Å². The van der Waals surface area contributed by atoms with Crippen LogP contribution in [0.15, 0.2) is 87.9 Å². The van der Waals surface area contributed by atoms with Gasteiger partial charge in [0, 0.05) is 29.3 Å². The summed E-state index contributed by atoms with van der Waals surface area (Å²) in [4.78, 5) is 19.2. The molecule has 0 radical (unpaired) electrons. The summed E-state index contributed by atoms with van der Waals surface area (Å²) in [5.74, 6) is 0.501. The minimum Gasteiger partial charge on any atom is -0.459 e. The van der Waals surface area contributed by atoms with Gasteiger partial charge in [0.15, 0.2) is 5.11 Å². The molecule has 2 aromatic carbocycles. The van der Waals surface area contributed by atoms with E-state index in [4.69, 9.17) is 16.6 Å². The Morgan fingerprint density at radius 2 is 2.03 bits per heavy atom. The molecule has 1 aliphatic heterocycles. The Kier molecular flexibility index (Phi) is 7.34. The zero-order chi connectivity index (χ0) is 25.9. The van der Waals surface area contributed by atoms with Gasteiger partial charge in [-0.25, -0.2) is 4.39 Å². The number of carbonyl (C=O) groups excluding carboxylic acids is 1. The minimum absolute atomic E-state index is 0.120. The maximum Gasteiger partial charge on any atom is 0.226 e. The largest absolute Gasteiger partial charge is 0.459 e. The standard InChI is InChI=1S/C28H24BrFN4O2S/c1-17-5-4-6-19(15-17)32-25(35)12-14-34-27(26(33-28(34)37)22-7-2-3-13-31-22)24-11-10-23(36-24)20-9-8-18(29)16-21(20)30/h2-11,13,15-16,26-27H,12,14H2,1H3,(H,32,35)(H,33,37)/t26-,27+/m0/s1. The van der Waals surface area contributed by atoms with Gasteiger partial charge in [-0.05, 0) is 79.3 Å². The zero-order valence-corrected chi connectivity index (χ0v) is 22.4. The number of hydrogen-bond acceptors (Lipinski definition) is 4. The van der Waals surface area contributed by atoms with Crippen LogP contribution in [0.1, 0.15) is 35.5 Å². The van der Waals surface area contributed by atoms with Crippen LogP contribution in [0.5, 0.6) is 0 Å². The van der Waals surface area contributed by atoms with E-state index in [9.17, 15) is 9.18 Å². The lowest BCUT2D eigenvalue weighted by Crippen LogP contribution is -2.32. The summed E-state index contributed by atoms with van der Waals surface area (Å²) in [5.41, 5.74) is 2.97. The van der Waals surface area contributed by atoms with Crippen molar-refractivity contribution in [3.05, 3.63) is 106 Å². The third kappa shape index (κ3) is 5.57. The lowest BCUT2D eigenvalue weighted by molar-refractivity contribution is -0.116. The molecule has 5 rings (SSSR count). The number of carbonyl (C=O) groups is 1. The predicted octanol–water partition coefficient (Wildman–Crippen LogP) is 6.55. The molecule has 0 saturated carbocycles. The summed E-state index contributed by atoms with van der Waals surface area (Å²) < 4.78 is 21.5. The number of anilines is 1. The fourth-order valence-electron chi connectivity index (χ4n) is 4.47. The van der Waals surface area contributed by atoms with Gasteiger partial charge < -0.3 is 20.0 Å². The van der Waals surface area contributed by atoms with E-state index in [0.29, 0.717) is 33.2 Å². The summed E-state index contributed by atoms with van der Waals surface area (Å²) >= 11 is 8.97. The van der Waals surface area contributed by atoms with Crippen LogP contribution in [0.4, 0.5) is 10.1 Å². The van der Waals surface area contributed by atoms with Crippen LogP contribution in [0, 0.1) is 12.7 Å². The highest BCUT2D eigenvalue weighted by molar-refractivity contribution is 9.10. The molecule has 2 N–H and O–H groups in total. The number of rotatable bonds is 7. The van der Waals surface area contributed by atoms with Crippen molar-refractivity contribution in [2.75, 3.05) is 11.9 Å². The van der Waals surface area contributed by atoms with Crippen molar-refractivity contribution in [1.29, 1.82) is 0 Å². The molecule has 3 heterocycles. The first-order valence-corrected chi connectivity index (χ1v) is 13.0. The lowest BCUT2D eigenvalue weighted by atomic mass is 10.0. The summed E-state index contributed by atoms with van der Waals surface area (Å²) in [7, 11) is 0. The Labute approximate surface area is 228 Å². The highest BCUT2D eigenvalue weighted by Gasteiger charge is 2.41. The average molecular weight is 579 g/mol. The van der Waals surface area contributed by atoms with E-state index < -0.39 is 0 Å². The van der Waals surface area contributed by atoms with Gasteiger partial charge >= 0.3 is 0 Å². The van der Waals surface area contributed by atoms with Crippen LogP contribution >= 0.6 is 28.1 Å². The second-order valence-electron chi connectivity index (χ2n) is 8.81.